The molecule has 1 heterocycles. The molecule has 2 N–H and O–H groups in total. The molecule has 11 rings (SSSR count). The number of hydrogen-bond acceptors (Lipinski definition) is 10. The molecule has 0 spiro atoms. The van der Waals surface area contributed by atoms with Gasteiger partial charge >= 0.3 is 0 Å². The third kappa shape index (κ3) is 9.26. The first kappa shape index (κ1) is 45.1. The van der Waals surface area contributed by atoms with Crippen LogP contribution in [-0.4, -0.2) is 63.1 Å². The molecule has 1 aliphatic rings. The van der Waals surface area contributed by atoms with Gasteiger partial charge in [-0.1, -0.05) is 145 Å². The molecule has 0 unspecified atom stereocenters. The normalized spacial score (nSPS) is 11.9. The van der Waals surface area contributed by atoms with Crippen molar-refractivity contribution in [2.75, 3.05) is 52.9 Å². The van der Waals surface area contributed by atoms with Gasteiger partial charge in [0.05, 0.1) is 13.2 Å². The maximum absolute atomic E-state index is 9.65. The van der Waals surface area contributed by atoms with Gasteiger partial charge in [0.25, 0.3) is 0 Å². The minimum Gasteiger partial charge on any atom is -0.491 e. The first-order chi connectivity index (χ1) is 34.6. The smallest absolute Gasteiger partial charge is 0.128 e. The first-order valence-electron chi connectivity index (χ1n) is 23.3. The molecule has 70 heavy (non-hydrogen) atoms. The molecule has 0 aromatic heterocycles. The average Bonchev–Trinajstić information content (AvgIpc) is 3.41. The molecule has 0 aliphatic carbocycles. The van der Waals surface area contributed by atoms with E-state index in [-0.39, 0.29) is 26.4 Å². The van der Waals surface area contributed by atoms with Crippen molar-refractivity contribution in [3.05, 3.63) is 182 Å². The lowest BCUT2D eigenvalue weighted by atomic mass is 9.92. The summed E-state index contributed by atoms with van der Waals surface area (Å²) >= 11 is 3.44. The van der Waals surface area contributed by atoms with E-state index < -0.39 is 0 Å². The fourth-order valence-corrected chi connectivity index (χ4v) is 11.4. The highest BCUT2D eigenvalue weighted by atomic mass is 32.2. The highest BCUT2D eigenvalue weighted by Crippen LogP contribution is 2.51. The predicted molar refractivity (Wildman–Crippen MR) is 282 cm³/mol. The van der Waals surface area contributed by atoms with Crippen LogP contribution in [0.15, 0.2) is 202 Å². The second-order valence-electron chi connectivity index (χ2n) is 16.6. The summed E-state index contributed by atoms with van der Waals surface area (Å²) < 4.78 is 38.0. The topological polar surface area (TPSA) is 95.8 Å². The summed E-state index contributed by atoms with van der Waals surface area (Å²) in [7, 11) is 0. The van der Waals surface area contributed by atoms with Crippen molar-refractivity contribution in [2.45, 2.75) is 19.6 Å². The second kappa shape index (κ2) is 20.7. The maximum Gasteiger partial charge on any atom is 0.128 e. The molecule has 10 aromatic rings. The second-order valence-corrected chi connectivity index (χ2v) is 18.8. The largest absolute Gasteiger partial charge is 0.491 e. The number of rotatable bonds is 18. The van der Waals surface area contributed by atoms with Crippen LogP contribution in [0.2, 0.25) is 0 Å². The molecule has 348 valence electrons. The van der Waals surface area contributed by atoms with Crippen molar-refractivity contribution in [2.24, 2.45) is 0 Å². The quantitative estimate of drug-likeness (QED) is 0.0810. The van der Waals surface area contributed by atoms with Gasteiger partial charge in [-0.3, -0.25) is 0 Å². The fraction of sp³-hybridized carbons (Fsp3) is 0.133. The lowest BCUT2D eigenvalue weighted by Gasteiger charge is -2.21. The Hall–Kier alpha value is -7.34. The Morgan fingerprint density at radius 2 is 0.586 bits per heavy atom. The standard InChI is InChI=1S/C60H48O8S2/c61-29-31-65-49-23-17-39-9-1-5-13-45(39)57(49)59-47-15-7-3-11-41(47)19-25-51(59)67-35-33-63-43-21-27-53-55(37-43)69-54-28-22-44(38-56(54)70-53)64-34-36-68-52-26-20-42-12-4-8-16-48(42)60(52)58-46-14-6-2-10-40(46)18-24-50(58)66-32-30-62/h1-28,37-38,61-62H,29-36H2. The lowest BCUT2D eigenvalue weighted by molar-refractivity contribution is 0.202. The summed E-state index contributed by atoms with van der Waals surface area (Å²) in [5.41, 5.74) is 3.75. The molecule has 0 saturated carbocycles. The van der Waals surface area contributed by atoms with Crippen molar-refractivity contribution in [3.63, 3.8) is 0 Å². The Balaban J connectivity index is 0.749. The van der Waals surface area contributed by atoms with Crippen LogP contribution in [0.4, 0.5) is 0 Å². The Kier molecular flexibility index (Phi) is 13.4. The zero-order valence-corrected chi connectivity index (χ0v) is 39.8. The Labute approximate surface area is 414 Å². The number of ether oxygens (including phenoxy) is 6. The Morgan fingerprint density at radius 1 is 0.286 bits per heavy atom. The molecule has 0 fully saturated rings. The highest BCUT2D eigenvalue weighted by Gasteiger charge is 2.22. The molecule has 0 amide bonds. The van der Waals surface area contributed by atoms with Gasteiger partial charge in [0.15, 0.2) is 0 Å². The van der Waals surface area contributed by atoms with Crippen LogP contribution in [0.5, 0.6) is 34.5 Å². The van der Waals surface area contributed by atoms with E-state index in [0.717, 1.165) is 108 Å². The number of aliphatic hydroxyl groups is 2. The average molecular weight is 961 g/mol. The van der Waals surface area contributed by atoms with Gasteiger partial charge < -0.3 is 38.6 Å². The minimum absolute atomic E-state index is 0.0854. The molecule has 0 radical (unpaired) electrons. The van der Waals surface area contributed by atoms with Crippen molar-refractivity contribution < 1.29 is 38.6 Å². The summed E-state index contributed by atoms with van der Waals surface area (Å²) in [6.07, 6.45) is 0. The summed E-state index contributed by atoms with van der Waals surface area (Å²) in [4.78, 5) is 4.56. The van der Waals surface area contributed by atoms with E-state index >= 15 is 0 Å². The molecule has 0 bridgehead atoms. The lowest BCUT2D eigenvalue weighted by Crippen LogP contribution is -2.10. The van der Waals surface area contributed by atoms with Gasteiger partial charge in [0, 0.05) is 41.8 Å². The fourth-order valence-electron chi connectivity index (χ4n) is 9.17. The molecular formula is C60H48O8S2. The van der Waals surface area contributed by atoms with E-state index in [9.17, 15) is 10.2 Å². The van der Waals surface area contributed by atoms with Gasteiger partial charge in [0.1, 0.15) is 74.1 Å². The number of benzene rings is 10. The van der Waals surface area contributed by atoms with E-state index in [4.69, 9.17) is 28.4 Å². The monoisotopic (exact) mass is 960 g/mol. The van der Waals surface area contributed by atoms with E-state index in [1.807, 2.05) is 97.1 Å². The van der Waals surface area contributed by atoms with Gasteiger partial charge in [-0.15, -0.1) is 0 Å². The molecular weight excluding hydrogens is 913 g/mol. The molecule has 0 saturated heterocycles. The van der Waals surface area contributed by atoms with E-state index in [2.05, 4.69) is 84.9 Å². The van der Waals surface area contributed by atoms with Crippen molar-refractivity contribution in [1.29, 1.82) is 0 Å². The van der Waals surface area contributed by atoms with E-state index in [1.54, 1.807) is 23.5 Å². The van der Waals surface area contributed by atoms with Crippen LogP contribution in [0, 0.1) is 0 Å². The maximum atomic E-state index is 9.65. The number of hydrogen-bond donors (Lipinski definition) is 2. The van der Waals surface area contributed by atoms with Crippen LogP contribution in [0.1, 0.15) is 0 Å². The van der Waals surface area contributed by atoms with Crippen molar-refractivity contribution in [3.8, 4) is 56.8 Å². The van der Waals surface area contributed by atoms with E-state index in [1.165, 1.54) is 0 Å². The van der Waals surface area contributed by atoms with Crippen LogP contribution in [-0.2, 0) is 0 Å². The molecule has 0 atom stereocenters. The van der Waals surface area contributed by atoms with Crippen LogP contribution < -0.4 is 28.4 Å². The van der Waals surface area contributed by atoms with Crippen LogP contribution in [0.3, 0.4) is 0 Å². The van der Waals surface area contributed by atoms with Gasteiger partial charge in [-0.05, 0) is 104 Å². The SMILES string of the molecule is OCCOc1ccc2ccccc2c1-c1c(OCCOc2ccc3c(c2)Sc2ccc(OCCOc4ccc5ccccc5c4-c4c(OCCO)ccc5ccccc45)cc2S3)ccc2ccccc12. The summed E-state index contributed by atoms with van der Waals surface area (Å²) in [6, 6.07) is 61.8. The third-order valence-electron chi connectivity index (χ3n) is 12.3. The summed E-state index contributed by atoms with van der Waals surface area (Å²) in [6.45, 7) is 1.54. The Bertz CT molecular complexity index is 3290. The van der Waals surface area contributed by atoms with Crippen molar-refractivity contribution >= 4 is 66.6 Å². The number of aliphatic hydroxyl groups excluding tert-OH is 2. The van der Waals surface area contributed by atoms with Gasteiger partial charge in [0.2, 0.25) is 0 Å². The number of fused-ring (bicyclic) bond motifs is 6. The zero-order valence-electron chi connectivity index (χ0n) is 38.1. The third-order valence-corrected chi connectivity index (χ3v) is 14.8. The molecule has 1 aliphatic heterocycles. The highest BCUT2D eigenvalue weighted by molar-refractivity contribution is 8.05. The molecule has 10 heteroatoms. The summed E-state index contributed by atoms with van der Waals surface area (Å²) in [5, 5.41) is 27.8. The predicted octanol–water partition coefficient (Wildman–Crippen LogP) is 13.9. The van der Waals surface area contributed by atoms with Crippen molar-refractivity contribution in [1.82, 2.24) is 0 Å². The molecule has 8 nitrogen and oxygen atoms in total. The van der Waals surface area contributed by atoms with Crippen LogP contribution in [0.25, 0.3) is 65.3 Å². The summed E-state index contributed by atoms with van der Waals surface area (Å²) in [5.74, 6) is 4.39. The minimum atomic E-state index is -0.0854. The molecule has 10 aromatic carbocycles. The van der Waals surface area contributed by atoms with Gasteiger partial charge in [-0.25, -0.2) is 0 Å². The first-order valence-corrected chi connectivity index (χ1v) is 25.0. The Morgan fingerprint density at radius 3 is 0.914 bits per heavy atom. The zero-order chi connectivity index (χ0) is 47.2. The van der Waals surface area contributed by atoms with E-state index in [0.29, 0.717) is 37.9 Å². The van der Waals surface area contributed by atoms with Crippen LogP contribution >= 0.6 is 23.5 Å². The van der Waals surface area contributed by atoms with Gasteiger partial charge in [-0.2, -0.15) is 0 Å².